The molecular formula is C16H26O2. The highest BCUT2D eigenvalue weighted by atomic mass is 16.4. The molecule has 102 valence electrons. The van der Waals surface area contributed by atoms with Crippen LogP contribution in [-0.2, 0) is 4.79 Å². The van der Waals surface area contributed by atoms with Crippen LogP contribution < -0.4 is 0 Å². The Labute approximate surface area is 110 Å². The van der Waals surface area contributed by atoms with Gasteiger partial charge in [0.1, 0.15) is 0 Å². The summed E-state index contributed by atoms with van der Waals surface area (Å²) >= 11 is 0. The molecule has 2 aliphatic carbocycles. The van der Waals surface area contributed by atoms with Gasteiger partial charge in [-0.2, -0.15) is 0 Å². The van der Waals surface area contributed by atoms with Crippen molar-refractivity contribution in [3.8, 4) is 0 Å². The summed E-state index contributed by atoms with van der Waals surface area (Å²) in [6, 6.07) is 0. The van der Waals surface area contributed by atoms with Gasteiger partial charge in [-0.25, -0.2) is 0 Å². The van der Waals surface area contributed by atoms with Crippen molar-refractivity contribution >= 4 is 5.97 Å². The van der Waals surface area contributed by atoms with E-state index in [0.717, 1.165) is 19.3 Å². The van der Waals surface area contributed by atoms with Gasteiger partial charge in [0.15, 0.2) is 0 Å². The normalized spacial score (nSPS) is 44.1. The molecule has 0 aromatic heterocycles. The molecule has 0 aromatic carbocycles. The largest absolute Gasteiger partial charge is 0.481 e. The molecule has 0 radical (unpaired) electrons. The maximum absolute atomic E-state index is 11.3. The van der Waals surface area contributed by atoms with Crippen LogP contribution in [0.15, 0.2) is 11.6 Å². The average Bonchev–Trinajstić information content (AvgIpc) is 2.27. The Morgan fingerprint density at radius 1 is 1.44 bits per heavy atom. The van der Waals surface area contributed by atoms with E-state index in [2.05, 4.69) is 33.8 Å². The Kier molecular flexibility index (Phi) is 3.33. The summed E-state index contributed by atoms with van der Waals surface area (Å²) in [5.41, 5.74) is 1.67. The first-order valence-electron chi connectivity index (χ1n) is 7.20. The van der Waals surface area contributed by atoms with Crippen molar-refractivity contribution in [2.45, 2.75) is 59.8 Å². The van der Waals surface area contributed by atoms with E-state index in [1.54, 1.807) is 0 Å². The summed E-state index contributed by atoms with van der Waals surface area (Å²) in [6.07, 6.45) is 7.34. The highest BCUT2D eigenvalue weighted by Crippen LogP contribution is 2.61. The molecule has 0 saturated heterocycles. The molecule has 2 rings (SSSR count). The minimum atomic E-state index is -0.638. The van der Waals surface area contributed by atoms with Crippen LogP contribution in [0.5, 0.6) is 0 Å². The van der Waals surface area contributed by atoms with Gasteiger partial charge in [0.2, 0.25) is 0 Å². The lowest BCUT2D eigenvalue weighted by Gasteiger charge is -2.57. The minimum Gasteiger partial charge on any atom is -0.481 e. The Morgan fingerprint density at radius 3 is 2.72 bits per heavy atom. The van der Waals surface area contributed by atoms with Crippen LogP contribution in [0.2, 0.25) is 0 Å². The number of carbonyl (C=O) groups is 1. The quantitative estimate of drug-likeness (QED) is 0.743. The zero-order valence-corrected chi connectivity index (χ0v) is 12.1. The van der Waals surface area contributed by atoms with Crippen molar-refractivity contribution < 1.29 is 9.90 Å². The molecule has 0 spiro atoms. The summed E-state index contributed by atoms with van der Waals surface area (Å²) in [4.78, 5) is 11.3. The Hall–Kier alpha value is -0.790. The van der Waals surface area contributed by atoms with E-state index in [1.807, 2.05) is 0 Å². The van der Waals surface area contributed by atoms with E-state index in [-0.39, 0.29) is 10.8 Å². The smallest absolute Gasteiger partial charge is 0.303 e. The van der Waals surface area contributed by atoms with E-state index in [1.165, 1.54) is 12.0 Å². The van der Waals surface area contributed by atoms with Crippen LogP contribution in [0.3, 0.4) is 0 Å². The molecule has 0 unspecified atom stereocenters. The topological polar surface area (TPSA) is 37.3 Å². The third kappa shape index (κ3) is 1.90. The van der Waals surface area contributed by atoms with Crippen molar-refractivity contribution in [3.63, 3.8) is 0 Å². The molecule has 0 bridgehead atoms. The fourth-order valence-electron chi connectivity index (χ4n) is 4.53. The van der Waals surface area contributed by atoms with Gasteiger partial charge < -0.3 is 5.11 Å². The van der Waals surface area contributed by atoms with E-state index in [4.69, 9.17) is 0 Å². The summed E-state index contributed by atoms with van der Waals surface area (Å²) in [6.45, 7) is 9.06. The predicted octanol–water partition coefficient (Wildman–Crippen LogP) is 4.26. The number of allylic oxidation sites excluding steroid dienone is 2. The third-order valence-electron chi connectivity index (χ3n) is 6.13. The molecule has 18 heavy (non-hydrogen) atoms. The lowest BCUT2D eigenvalue weighted by Crippen LogP contribution is -2.50. The molecule has 4 atom stereocenters. The summed E-state index contributed by atoms with van der Waals surface area (Å²) in [5, 5.41) is 9.27. The summed E-state index contributed by atoms with van der Waals surface area (Å²) in [7, 11) is 0. The minimum absolute atomic E-state index is 0.0473. The Bertz CT molecular complexity index is 385. The van der Waals surface area contributed by atoms with Crippen LogP contribution in [-0.4, -0.2) is 11.1 Å². The second-order valence-electron chi connectivity index (χ2n) is 6.95. The number of hydrogen-bond acceptors (Lipinski definition) is 1. The summed E-state index contributed by atoms with van der Waals surface area (Å²) < 4.78 is 0. The van der Waals surface area contributed by atoms with Gasteiger partial charge in [-0.05, 0) is 55.3 Å². The molecule has 0 aliphatic heterocycles. The van der Waals surface area contributed by atoms with Gasteiger partial charge in [-0.3, -0.25) is 4.79 Å². The predicted molar refractivity (Wildman–Crippen MR) is 73.3 cm³/mol. The molecule has 0 heterocycles. The zero-order valence-electron chi connectivity index (χ0n) is 12.1. The summed E-state index contributed by atoms with van der Waals surface area (Å²) in [5.74, 6) is 0.397. The Balaban J connectivity index is 2.39. The van der Waals surface area contributed by atoms with Crippen molar-refractivity contribution in [1.29, 1.82) is 0 Å². The molecule has 2 nitrogen and oxygen atoms in total. The van der Waals surface area contributed by atoms with E-state index < -0.39 is 5.97 Å². The van der Waals surface area contributed by atoms with E-state index >= 15 is 0 Å². The van der Waals surface area contributed by atoms with Gasteiger partial charge in [0.25, 0.3) is 0 Å². The van der Waals surface area contributed by atoms with Crippen molar-refractivity contribution in [2.24, 2.45) is 22.7 Å². The molecular weight excluding hydrogens is 224 g/mol. The van der Waals surface area contributed by atoms with Crippen LogP contribution in [0.1, 0.15) is 59.8 Å². The molecule has 2 heteroatoms. The lowest BCUT2D eigenvalue weighted by molar-refractivity contribution is -0.145. The van der Waals surface area contributed by atoms with Crippen molar-refractivity contribution in [1.82, 2.24) is 0 Å². The fraction of sp³-hybridized carbons (Fsp3) is 0.812. The number of carboxylic acid groups (broad SMARTS) is 1. The standard InChI is InChI=1S/C16H26O2/c1-11-6-5-7-13-15(11,3)9-8-12(2)16(13,4)10-14(17)18/h6,12-13H,5,7-10H2,1-4H3,(H,17,18)/t12-,13+,15+,16+/m1/s1. The number of hydrogen-bond donors (Lipinski definition) is 1. The second-order valence-corrected chi connectivity index (χ2v) is 6.95. The highest BCUT2D eigenvalue weighted by molar-refractivity contribution is 5.68. The number of aliphatic carboxylic acids is 1. The maximum Gasteiger partial charge on any atom is 0.303 e. The Morgan fingerprint density at radius 2 is 2.11 bits per heavy atom. The highest BCUT2D eigenvalue weighted by Gasteiger charge is 2.53. The van der Waals surface area contributed by atoms with Crippen molar-refractivity contribution in [2.75, 3.05) is 0 Å². The van der Waals surface area contributed by atoms with Gasteiger partial charge >= 0.3 is 5.97 Å². The molecule has 1 N–H and O–H groups in total. The molecule has 1 fully saturated rings. The number of fused-ring (bicyclic) bond motifs is 1. The van der Waals surface area contributed by atoms with Crippen molar-refractivity contribution in [3.05, 3.63) is 11.6 Å². The monoisotopic (exact) mass is 250 g/mol. The molecule has 0 amide bonds. The SMILES string of the molecule is CC1=CCC[C@@H]2[C@@](C)(CC(=O)O)[C@H](C)CC[C@@]12C. The van der Waals surface area contributed by atoms with Gasteiger partial charge in [0.05, 0.1) is 6.42 Å². The van der Waals surface area contributed by atoms with E-state index in [9.17, 15) is 9.90 Å². The average molecular weight is 250 g/mol. The number of rotatable bonds is 2. The van der Waals surface area contributed by atoms with Crippen LogP contribution in [0.25, 0.3) is 0 Å². The van der Waals surface area contributed by atoms with Gasteiger partial charge in [-0.1, -0.05) is 32.4 Å². The first-order chi connectivity index (χ1) is 8.30. The van der Waals surface area contributed by atoms with Crippen LogP contribution >= 0.6 is 0 Å². The molecule has 2 aliphatic rings. The first-order valence-corrected chi connectivity index (χ1v) is 7.20. The zero-order chi connectivity index (χ0) is 13.6. The second kappa shape index (κ2) is 4.40. The molecule has 0 aromatic rings. The lowest BCUT2D eigenvalue weighted by atomic mass is 9.47. The third-order valence-corrected chi connectivity index (χ3v) is 6.13. The number of carboxylic acids is 1. The fourth-order valence-corrected chi connectivity index (χ4v) is 4.53. The van der Waals surface area contributed by atoms with Gasteiger partial charge in [-0.15, -0.1) is 0 Å². The van der Waals surface area contributed by atoms with Crippen LogP contribution in [0, 0.1) is 22.7 Å². The molecule has 1 saturated carbocycles. The maximum atomic E-state index is 11.3. The van der Waals surface area contributed by atoms with E-state index in [0.29, 0.717) is 18.3 Å². The first kappa shape index (κ1) is 13.6. The van der Waals surface area contributed by atoms with Crippen LogP contribution in [0.4, 0.5) is 0 Å². The van der Waals surface area contributed by atoms with Gasteiger partial charge in [0, 0.05) is 0 Å².